The van der Waals surface area contributed by atoms with Crippen molar-refractivity contribution >= 4 is 40.0 Å². The Balaban J connectivity index is 1.50. The summed E-state index contributed by atoms with van der Waals surface area (Å²) in [5.74, 6) is 3.35. The summed E-state index contributed by atoms with van der Waals surface area (Å²) in [4.78, 5) is 6.33. The van der Waals surface area contributed by atoms with E-state index >= 15 is 0 Å². The third-order valence-corrected chi connectivity index (χ3v) is 17.7. The van der Waals surface area contributed by atoms with Crippen molar-refractivity contribution in [1.29, 1.82) is 0 Å². The molecule has 3 aliphatic carbocycles. The normalized spacial score (nSPS) is 19.4. The topological polar surface area (TPSA) is 6.48 Å². The molecule has 0 unspecified atom stereocenters. The van der Waals surface area contributed by atoms with Crippen molar-refractivity contribution < 1.29 is 0 Å². The van der Waals surface area contributed by atoms with Crippen LogP contribution in [0.3, 0.4) is 0 Å². The quantitative estimate of drug-likeness (QED) is 0.180. The first-order valence-electron chi connectivity index (χ1n) is 26.7. The Kier molecular flexibility index (Phi) is 13.7. The highest BCUT2D eigenvalue weighted by molar-refractivity contribution is 8.05. The van der Waals surface area contributed by atoms with Crippen LogP contribution in [0.5, 0.6) is 0 Å². The first-order chi connectivity index (χ1) is 33.8. The van der Waals surface area contributed by atoms with E-state index < -0.39 is 0 Å². The van der Waals surface area contributed by atoms with Crippen molar-refractivity contribution in [2.75, 3.05) is 9.80 Å². The van der Waals surface area contributed by atoms with E-state index in [1.165, 1.54) is 94.1 Å². The highest BCUT2D eigenvalue weighted by Gasteiger charge is 2.47. The van der Waals surface area contributed by atoms with Gasteiger partial charge in [-0.3, -0.25) is 0 Å². The van der Waals surface area contributed by atoms with Gasteiger partial charge in [-0.15, -0.1) is 6.42 Å². The second-order valence-corrected chi connectivity index (χ2v) is 27.5. The average molecular weight is 986 g/mol. The van der Waals surface area contributed by atoms with Crippen molar-refractivity contribution in [2.24, 2.45) is 16.2 Å². The molecule has 0 amide bonds. The first-order valence-corrected chi connectivity index (χ1v) is 27.6. The molecule has 0 saturated heterocycles. The molecule has 2 heterocycles. The molecule has 3 heteroatoms. The minimum Gasteiger partial charge on any atom is -0.309 e. The molecule has 0 fully saturated rings. The van der Waals surface area contributed by atoms with Gasteiger partial charge in [0, 0.05) is 33.4 Å². The number of allylic oxidation sites excluding steroid dienone is 19. The van der Waals surface area contributed by atoms with E-state index in [0.717, 1.165) is 34.9 Å². The van der Waals surface area contributed by atoms with Gasteiger partial charge in [0.1, 0.15) is 0 Å². The zero-order chi connectivity index (χ0) is 53.7. The fraction of sp³-hybridized carbons (Fsp3) is 0.400. The highest BCUT2D eigenvalue weighted by atomic mass is 32.2. The Hall–Kier alpha value is -5.69. The van der Waals surface area contributed by atoms with E-state index in [4.69, 9.17) is 6.42 Å². The van der Waals surface area contributed by atoms with Gasteiger partial charge in [-0.1, -0.05) is 206 Å². The number of nitrogens with zero attached hydrogens (tertiary/aromatic N) is 2. The van der Waals surface area contributed by atoms with Crippen LogP contribution in [0.25, 0.3) is 11.1 Å². The number of fused-ring (bicyclic) bond motifs is 4. The monoisotopic (exact) mass is 985 g/mol. The zero-order valence-corrected chi connectivity index (χ0v) is 49.3. The van der Waals surface area contributed by atoms with Gasteiger partial charge in [-0.05, 0) is 165 Å². The van der Waals surface area contributed by atoms with Gasteiger partial charge in [0.05, 0.1) is 28.5 Å². The van der Waals surface area contributed by atoms with Gasteiger partial charge < -0.3 is 9.80 Å². The smallest absolute Gasteiger partial charge is 0.0967 e. The molecule has 5 aliphatic rings. The molecule has 3 aromatic rings. The predicted molar refractivity (Wildman–Crippen MR) is 322 cm³/mol. The van der Waals surface area contributed by atoms with Crippen molar-refractivity contribution in [3.63, 3.8) is 0 Å². The lowest BCUT2D eigenvalue weighted by molar-refractivity contribution is 0.504. The van der Waals surface area contributed by atoms with Gasteiger partial charge in [-0.25, -0.2) is 0 Å². The number of anilines is 3. The van der Waals surface area contributed by atoms with Crippen LogP contribution >= 0.6 is 11.8 Å². The number of benzene rings is 3. The second kappa shape index (κ2) is 18.6. The van der Waals surface area contributed by atoms with Crippen LogP contribution in [0.4, 0.5) is 17.1 Å². The molecular weight excluding hydrogens is 901 g/mol. The molecule has 0 N–H and O–H groups in total. The van der Waals surface area contributed by atoms with Crippen molar-refractivity contribution in [3.05, 3.63) is 203 Å². The summed E-state index contributed by atoms with van der Waals surface area (Å²) in [6.07, 6.45) is 26.5. The van der Waals surface area contributed by atoms with Crippen LogP contribution in [0.1, 0.15) is 178 Å². The Morgan fingerprint density at radius 2 is 1.37 bits per heavy atom. The molecule has 0 saturated carbocycles. The number of rotatable bonds is 6. The van der Waals surface area contributed by atoms with Crippen LogP contribution in [0.15, 0.2) is 170 Å². The van der Waals surface area contributed by atoms with Crippen molar-refractivity contribution in [2.45, 2.75) is 168 Å². The fourth-order valence-corrected chi connectivity index (χ4v) is 12.3. The fourth-order valence-electron chi connectivity index (χ4n) is 11.3. The van der Waals surface area contributed by atoms with E-state index in [1.54, 1.807) is 0 Å². The summed E-state index contributed by atoms with van der Waals surface area (Å²) in [6.45, 7) is 48.6. The Labute approximate surface area is 447 Å². The molecule has 2 nitrogen and oxygen atoms in total. The highest BCUT2D eigenvalue weighted by Crippen LogP contribution is 2.61. The first kappa shape index (κ1) is 53.6. The van der Waals surface area contributed by atoms with Crippen LogP contribution in [-0.2, 0) is 16.2 Å². The largest absolute Gasteiger partial charge is 0.309 e. The van der Waals surface area contributed by atoms with Crippen molar-refractivity contribution in [1.82, 2.24) is 0 Å². The summed E-state index contributed by atoms with van der Waals surface area (Å²) in [7, 11) is 0. The van der Waals surface area contributed by atoms with Crippen LogP contribution in [0, 0.1) is 35.5 Å². The van der Waals surface area contributed by atoms with E-state index in [1.807, 2.05) is 11.8 Å². The third kappa shape index (κ3) is 9.57. The Morgan fingerprint density at radius 1 is 0.740 bits per heavy atom. The lowest BCUT2D eigenvalue weighted by Crippen LogP contribution is -2.31. The van der Waals surface area contributed by atoms with Crippen LogP contribution in [0.2, 0.25) is 0 Å². The molecule has 3 aromatic carbocycles. The number of thioether (sulfide) groups is 1. The summed E-state index contributed by atoms with van der Waals surface area (Å²) < 4.78 is 0. The number of terminal acetylenes is 1. The van der Waals surface area contributed by atoms with Crippen LogP contribution < -0.4 is 9.80 Å². The standard InChI is InChI=1S/C70H84N2S/c1-23-47(66(10,11)12)26-27-50-39-56(46(6)69(50,19)20)54-36-34-53-42-73-61-41-57-55-35-30-49(68(16,17)18)40-58(55)70(21,22)63(57)64(61)72(51(24-2)31-25-44(4)65(7,8)9)60-38-43(3)37-59(62(60)45(54)5)71(53)52-32-28-48(29-33-52)67(13,14)15/h2,23,25-40,42H,41H2,1,3-22H3/b27-26-,36-34?,44-25+,47-23+,51-31+,53-42?,54-45?. The lowest BCUT2D eigenvalue weighted by Gasteiger charge is -2.39. The molecule has 4 bridgehead atoms. The summed E-state index contributed by atoms with van der Waals surface area (Å²) in [6, 6.07) is 21.4. The Bertz CT molecular complexity index is 3220. The van der Waals surface area contributed by atoms with Gasteiger partial charge in [-0.2, -0.15) is 0 Å². The van der Waals surface area contributed by atoms with Crippen LogP contribution in [-0.4, -0.2) is 0 Å². The summed E-state index contributed by atoms with van der Waals surface area (Å²) in [5.41, 5.74) is 25.6. The second-order valence-electron chi connectivity index (χ2n) is 26.5. The van der Waals surface area contributed by atoms with E-state index in [0.29, 0.717) is 0 Å². The zero-order valence-electron chi connectivity index (χ0n) is 48.5. The van der Waals surface area contributed by atoms with Crippen molar-refractivity contribution in [3.8, 4) is 12.3 Å². The van der Waals surface area contributed by atoms with Gasteiger partial charge in [0.15, 0.2) is 0 Å². The number of hydrogen-bond acceptors (Lipinski definition) is 3. The van der Waals surface area contributed by atoms with E-state index in [-0.39, 0.29) is 32.5 Å². The minimum absolute atomic E-state index is 0.0149. The Morgan fingerprint density at radius 3 is 1.96 bits per heavy atom. The molecule has 0 spiro atoms. The number of aryl methyl sites for hydroxylation is 1. The summed E-state index contributed by atoms with van der Waals surface area (Å²) >= 11 is 1.86. The molecule has 0 atom stereocenters. The maximum atomic E-state index is 6.97. The maximum Gasteiger partial charge on any atom is 0.0967 e. The maximum absolute atomic E-state index is 6.97. The predicted octanol–water partition coefficient (Wildman–Crippen LogP) is 20.2. The summed E-state index contributed by atoms with van der Waals surface area (Å²) in [5, 5.41) is 2.42. The molecule has 380 valence electrons. The van der Waals surface area contributed by atoms with Gasteiger partial charge >= 0.3 is 0 Å². The number of hydrogen-bond donors (Lipinski definition) is 0. The molecule has 73 heavy (non-hydrogen) atoms. The molecular formula is C70H84N2S. The van der Waals surface area contributed by atoms with E-state index in [9.17, 15) is 0 Å². The van der Waals surface area contributed by atoms with Gasteiger partial charge in [0.2, 0.25) is 0 Å². The average Bonchev–Trinajstić information content (AvgIpc) is 3.85. The van der Waals surface area contributed by atoms with E-state index in [2.05, 4.69) is 270 Å². The van der Waals surface area contributed by atoms with Gasteiger partial charge in [0.25, 0.3) is 0 Å². The molecule has 0 radical (unpaired) electrons. The minimum atomic E-state index is -0.304. The molecule has 2 aliphatic heterocycles. The SMILES string of the molecule is C#C/C(=C\C=C(/C)C(C)(C)C)N1C2=C(CC3=C2C(C)(C)c2cc(C(C)(C)C)ccc23)SC=C2C=CC(C3=C(C)C(C)(C)C(/C=C\C(=C/C)C(C)(C)C)=C3)=C(C)c3c1cc(C)cc3N2c1ccc(C(C)(C)C)cc1. The third-order valence-electron chi connectivity index (χ3n) is 16.7. The molecule has 8 rings (SSSR count). The molecule has 0 aromatic heterocycles. The lowest BCUT2D eigenvalue weighted by atomic mass is 9.77.